The van der Waals surface area contributed by atoms with Gasteiger partial charge < -0.3 is 10.1 Å². The molecule has 0 saturated carbocycles. The Morgan fingerprint density at radius 3 is 2.54 bits per heavy atom. The van der Waals surface area contributed by atoms with Crippen LogP contribution in [0.15, 0.2) is 29.4 Å². The highest BCUT2D eigenvalue weighted by Gasteiger charge is 2.23. The summed E-state index contributed by atoms with van der Waals surface area (Å²) in [5.74, 6) is 0.696. The lowest BCUT2D eigenvalue weighted by molar-refractivity contribution is -0.121. The number of carbonyl (C=O) groups excluding carboxylic acids is 1. The van der Waals surface area contributed by atoms with Crippen molar-refractivity contribution in [1.29, 1.82) is 0 Å². The fourth-order valence-electron chi connectivity index (χ4n) is 2.26. The smallest absolute Gasteiger partial charge is 0.233 e. The molecule has 0 fully saturated rings. The number of carbonyl (C=O) groups is 1. The molecule has 142 valence electrons. The highest BCUT2D eigenvalue weighted by Crippen LogP contribution is 2.27. The van der Waals surface area contributed by atoms with Gasteiger partial charge >= 0.3 is 0 Å². The minimum Gasteiger partial charge on any atom is -0.383 e. The van der Waals surface area contributed by atoms with Crippen molar-refractivity contribution < 1.29 is 9.53 Å². The number of methoxy groups -OCH3 is 1. The second kappa shape index (κ2) is 8.88. The highest BCUT2D eigenvalue weighted by molar-refractivity contribution is 8.00. The lowest BCUT2D eigenvalue weighted by Gasteiger charge is -2.23. The number of hydrogen-bond acceptors (Lipinski definition) is 5. The Balaban J connectivity index is 2.25. The second-order valence-electron chi connectivity index (χ2n) is 6.96. The quantitative estimate of drug-likeness (QED) is 0.723. The molecule has 1 amide bonds. The molecule has 26 heavy (non-hydrogen) atoms. The topological polar surface area (TPSA) is 69.0 Å². The minimum absolute atomic E-state index is 0.0307. The van der Waals surface area contributed by atoms with Crippen LogP contribution in [0.25, 0.3) is 11.4 Å². The molecule has 0 aliphatic heterocycles. The van der Waals surface area contributed by atoms with Gasteiger partial charge in [0.1, 0.15) is 0 Å². The number of aromatic nitrogens is 3. The maximum absolute atomic E-state index is 12.4. The lowest BCUT2D eigenvalue weighted by atomic mass is 10.1. The molecule has 0 bridgehead atoms. The SMILES string of the molecule is COCCn1c(S[C@@H](C)C(=O)NC(C)(C)C)nnc1-c1ccc(Cl)cc1. The van der Waals surface area contributed by atoms with E-state index in [1.165, 1.54) is 11.8 Å². The zero-order valence-corrected chi connectivity index (χ0v) is 17.3. The first kappa shape index (κ1) is 20.7. The van der Waals surface area contributed by atoms with E-state index in [4.69, 9.17) is 16.3 Å². The van der Waals surface area contributed by atoms with Crippen LogP contribution in [0.1, 0.15) is 27.7 Å². The monoisotopic (exact) mass is 396 g/mol. The highest BCUT2D eigenvalue weighted by atomic mass is 35.5. The summed E-state index contributed by atoms with van der Waals surface area (Å²) < 4.78 is 7.18. The van der Waals surface area contributed by atoms with Gasteiger partial charge in [0.15, 0.2) is 11.0 Å². The predicted molar refractivity (Wildman–Crippen MR) is 106 cm³/mol. The minimum atomic E-state index is -0.294. The van der Waals surface area contributed by atoms with Crippen molar-refractivity contribution in [2.24, 2.45) is 0 Å². The fraction of sp³-hybridized carbons (Fsp3) is 0.500. The number of nitrogens with one attached hydrogen (secondary N) is 1. The molecule has 0 radical (unpaired) electrons. The normalized spacial score (nSPS) is 12.8. The number of amides is 1. The van der Waals surface area contributed by atoms with E-state index in [1.54, 1.807) is 7.11 Å². The molecule has 1 N–H and O–H groups in total. The molecular weight excluding hydrogens is 372 g/mol. The van der Waals surface area contributed by atoms with Crippen molar-refractivity contribution in [1.82, 2.24) is 20.1 Å². The third-order valence-electron chi connectivity index (χ3n) is 3.49. The number of benzene rings is 1. The van der Waals surface area contributed by atoms with Crippen LogP contribution in [-0.2, 0) is 16.1 Å². The molecule has 1 aromatic heterocycles. The first-order chi connectivity index (χ1) is 12.2. The predicted octanol–water partition coefficient (Wildman–Crippen LogP) is 3.64. The summed E-state index contributed by atoms with van der Waals surface area (Å²) in [5.41, 5.74) is 0.640. The molecule has 0 aliphatic carbocycles. The second-order valence-corrected chi connectivity index (χ2v) is 8.70. The molecular formula is C18H25ClN4O2S. The fourth-order valence-corrected chi connectivity index (χ4v) is 3.26. The lowest BCUT2D eigenvalue weighted by Crippen LogP contribution is -2.44. The zero-order chi connectivity index (χ0) is 19.3. The summed E-state index contributed by atoms with van der Waals surface area (Å²) in [5, 5.41) is 12.7. The van der Waals surface area contributed by atoms with E-state index < -0.39 is 0 Å². The third kappa shape index (κ3) is 5.72. The van der Waals surface area contributed by atoms with Crippen LogP contribution < -0.4 is 5.32 Å². The Labute approximate surface area is 163 Å². The molecule has 1 atom stereocenters. The average molecular weight is 397 g/mol. The Kier molecular flexibility index (Phi) is 7.08. The number of nitrogens with zero attached hydrogens (tertiary/aromatic N) is 3. The maximum Gasteiger partial charge on any atom is 0.233 e. The number of rotatable bonds is 7. The Morgan fingerprint density at radius 2 is 1.96 bits per heavy atom. The van der Waals surface area contributed by atoms with Crippen molar-refractivity contribution >= 4 is 29.3 Å². The van der Waals surface area contributed by atoms with E-state index in [9.17, 15) is 4.79 Å². The Morgan fingerprint density at radius 1 is 1.31 bits per heavy atom. The summed E-state index contributed by atoms with van der Waals surface area (Å²) in [6, 6.07) is 7.44. The first-order valence-corrected chi connectivity index (χ1v) is 9.64. The van der Waals surface area contributed by atoms with Crippen molar-refractivity contribution in [2.75, 3.05) is 13.7 Å². The van der Waals surface area contributed by atoms with E-state index in [2.05, 4.69) is 15.5 Å². The van der Waals surface area contributed by atoms with Gasteiger partial charge in [0.05, 0.1) is 18.4 Å². The van der Waals surface area contributed by atoms with Gasteiger partial charge in [-0.25, -0.2) is 0 Å². The van der Waals surface area contributed by atoms with Gasteiger partial charge in [-0.15, -0.1) is 10.2 Å². The van der Waals surface area contributed by atoms with Crippen LogP contribution in [0.5, 0.6) is 0 Å². The Hall–Kier alpha value is -1.57. The van der Waals surface area contributed by atoms with Crippen molar-refractivity contribution in [3.05, 3.63) is 29.3 Å². The molecule has 0 aliphatic rings. The molecule has 1 heterocycles. The van der Waals surface area contributed by atoms with Gasteiger partial charge in [-0.05, 0) is 52.0 Å². The third-order valence-corrected chi connectivity index (χ3v) is 4.82. The summed E-state index contributed by atoms with van der Waals surface area (Å²) in [4.78, 5) is 12.4. The van der Waals surface area contributed by atoms with Crippen LogP contribution in [0, 0.1) is 0 Å². The van der Waals surface area contributed by atoms with Crippen LogP contribution in [0.3, 0.4) is 0 Å². The van der Waals surface area contributed by atoms with Crippen LogP contribution >= 0.6 is 23.4 Å². The van der Waals surface area contributed by atoms with Gasteiger partial charge in [0, 0.05) is 23.2 Å². The Bertz CT molecular complexity index is 741. The number of halogens is 1. The van der Waals surface area contributed by atoms with Gasteiger partial charge in [0.25, 0.3) is 0 Å². The molecule has 0 saturated heterocycles. The first-order valence-electron chi connectivity index (χ1n) is 8.38. The molecule has 2 aromatic rings. The van der Waals surface area contributed by atoms with E-state index in [0.717, 1.165) is 11.4 Å². The van der Waals surface area contributed by atoms with Crippen LogP contribution in [0.2, 0.25) is 5.02 Å². The van der Waals surface area contributed by atoms with Crippen LogP contribution in [0.4, 0.5) is 0 Å². The van der Waals surface area contributed by atoms with Crippen LogP contribution in [-0.4, -0.2) is 45.2 Å². The number of thioether (sulfide) groups is 1. The van der Waals surface area contributed by atoms with E-state index in [1.807, 2.05) is 56.5 Å². The number of ether oxygens (including phenoxy) is 1. The molecule has 0 unspecified atom stereocenters. The summed E-state index contributed by atoms with van der Waals surface area (Å²) in [6.45, 7) is 8.86. The maximum atomic E-state index is 12.4. The summed E-state index contributed by atoms with van der Waals surface area (Å²) >= 11 is 7.36. The van der Waals surface area contributed by atoms with E-state index in [-0.39, 0.29) is 16.7 Å². The number of hydrogen-bond donors (Lipinski definition) is 1. The largest absolute Gasteiger partial charge is 0.383 e. The van der Waals surface area contributed by atoms with Gasteiger partial charge in [-0.2, -0.15) is 0 Å². The average Bonchev–Trinajstić information content (AvgIpc) is 2.94. The molecule has 0 spiro atoms. The van der Waals surface area contributed by atoms with Crippen molar-refractivity contribution in [3.63, 3.8) is 0 Å². The molecule has 6 nitrogen and oxygen atoms in total. The standard InChI is InChI=1S/C18H25ClN4O2S/c1-12(16(24)20-18(2,3)4)26-17-22-21-15(23(17)10-11-25-5)13-6-8-14(19)9-7-13/h6-9,12H,10-11H2,1-5H3,(H,20,24)/t12-/m0/s1. The van der Waals surface area contributed by atoms with Crippen molar-refractivity contribution in [3.8, 4) is 11.4 Å². The van der Waals surface area contributed by atoms with E-state index in [0.29, 0.717) is 23.3 Å². The zero-order valence-electron chi connectivity index (χ0n) is 15.7. The van der Waals surface area contributed by atoms with Crippen molar-refractivity contribution in [2.45, 2.75) is 50.2 Å². The van der Waals surface area contributed by atoms with Gasteiger partial charge in [0.2, 0.25) is 5.91 Å². The van der Waals surface area contributed by atoms with E-state index >= 15 is 0 Å². The molecule has 2 rings (SSSR count). The molecule has 1 aromatic carbocycles. The van der Waals surface area contributed by atoms with Gasteiger partial charge in [-0.3, -0.25) is 9.36 Å². The van der Waals surface area contributed by atoms with Gasteiger partial charge in [-0.1, -0.05) is 23.4 Å². The summed E-state index contributed by atoms with van der Waals surface area (Å²) in [6.07, 6.45) is 0. The summed E-state index contributed by atoms with van der Waals surface area (Å²) in [7, 11) is 1.65. The molecule has 8 heteroatoms.